The Morgan fingerprint density at radius 2 is 2.05 bits per heavy atom. The first-order chi connectivity index (χ1) is 9.77. The summed E-state index contributed by atoms with van der Waals surface area (Å²) in [5.41, 5.74) is 0.122. The summed E-state index contributed by atoms with van der Waals surface area (Å²) in [5.74, 6) is -0.426. The average Bonchev–Trinajstić information content (AvgIpc) is 3.23. The van der Waals surface area contributed by atoms with E-state index in [1.165, 1.54) is 0 Å². The molecule has 2 rings (SSSR count). The molecule has 0 radical (unpaired) electrons. The minimum atomic E-state index is -3.11. The topological polar surface area (TPSA) is 73.3 Å². The number of carbonyl (C=O) groups excluding carboxylic acids is 1. The molecule has 1 saturated carbocycles. The Morgan fingerprint density at radius 1 is 1.38 bits per heavy atom. The third kappa shape index (κ3) is 3.61. The highest BCUT2D eigenvalue weighted by Crippen LogP contribution is 2.31. The molecule has 1 aromatic rings. The van der Waals surface area contributed by atoms with Crippen LogP contribution in [0.15, 0.2) is 18.2 Å². The first-order valence-electron chi connectivity index (χ1n) is 7.12. The van der Waals surface area contributed by atoms with E-state index in [0.717, 1.165) is 12.8 Å². The first kappa shape index (κ1) is 15.9. The van der Waals surface area contributed by atoms with Crippen molar-refractivity contribution in [3.8, 4) is 0 Å². The molecule has 1 fully saturated rings. The van der Waals surface area contributed by atoms with Gasteiger partial charge in [0.1, 0.15) is 5.41 Å². The van der Waals surface area contributed by atoms with E-state index in [-0.39, 0.29) is 17.0 Å². The number of hydrogen-bond acceptors (Lipinski definition) is 5. The predicted molar refractivity (Wildman–Crippen MR) is 79.5 cm³/mol. The van der Waals surface area contributed by atoms with Crippen molar-refractivity contribution in [2.45, 2.75) is 50.0 Å². The summed E-state index contributed by atoms with van der Waals surface area (Å²) < 4.78 is 29.1. The second-order valence-electron chi connectivity index (χ2n) is 5.87. The lowest BCUT2D eigenvalue weighted by Gasteiger charge is -2.22. The maximum Gasteiger partial charge on any atom is 0.317 e. The SMILES string of the molecule is CCOC(=O)C(C)(C)c1cccc(CS(=O)(=O)C2CC2)n1. The van der Waals surface area contributed by atoms with Gasteiger partial charge in [0.05, 0.1) is 29.0 Å². The van der Waals surface area contributed by atoms with Crippen LogP contribution in [0.25, 0.3) is 0 Å². The van der Waals surface area contributed by atoms with Crippen molar-refractivity contribution in [1.82, 2.24) is 4.98 Å². The van der Waals surface area contributed by atoms with Gasteiger partial charge in [-0.2, -0.15) is 0 Å². The Morgan fingerprint density at radius 3 is 2.62 bits per heavy atom. The molecular formula is C15H21NO4S. The van der Waals surface area contributed by atoms with Gasteiger partial charge in [0, 0.05) is 0 Å². The fourth-order valence-corrected chi connectivity index (χ4v) is 3.74. The largest absolute Gasteiger partial charge is 0.465 e. The van der Waals surface area contributed by atoms with Crippen LogP contribution >= 0.6 is 0 Å². The molecule has 6 heteroatoms. The predicted octanol–water partition coefficient (Wildman–Crippen LogP) is 2.00. The zero-order chi connectivity index (χ0) is 15.7. The number of carbonyl (C=O) groups is 1. The molecule has 0 spiro atoms. The summed E-state index contributed by atoms with van der Waals surface area (Å²) in [5, 5.41) is -0.207. The summed E-state index contributed by atoms with van der Waals surface area (Å²) >= 11 is 0. The van der Waals surface area contributed by atoms with Crippen LogP contribution in [0, 0.1) is 0 Å². The summed E-state index contributed by atoms with van der Waals surface area (Å²) in [6.07, 6.45) is 1.49. The van der Waals surface area contributed by atoms with Crippen molar-refractivity contribution >= 4 is 15.8 Å². The van der Waals surface area contributed by atoms with Crippen LogP contribution < -0.4 is 0 Å². The van der Waals surface area contributed by atoms with Gasteiger partial charge in [0.25, 0.3) is 0 Å². The average molecular weight is 311 g/mol. The molecule has 1 heterocycles. The molecule has 116 valence electrons. The molecule has 0 N–H and O–H groups in total. The van der Waals surface area contributed by atoms with Gasteiger partial charge < -0.3 is 4.74 Å². The lowest BCUT2D eigenvalue weighted by molar-refractivity contribution is -0.148. The Bertz CT molecular complexity index is 633. The van der Waals surface area contributed by atoms with E-state index in [2.05, 4.69) is 4.98 Å². The molecule has 0 aliphatic heterocycles. The number of pyridine rings is 1. The van der Waals surface area contributed by atoms with Crippen molar-refractivity contribution < 1.29 is 17.9 Å². The van der Waals surface area contributed by atoms with Crippen LogP contribution in [0.4, 0.5) is 0 Å². The normalized spacial score (nSPS) is 15.8. The van der Waals surface area contributed by atoms with Crippen molar-refractivity contribution in [3.63, 3.8) is 0 Å². The maximum absolute atomic E-state index is 12.0. The summed E-state index contributed by atoms with van der Waals surface area (Å²) in [6.45, 7) is 5.51. The van der Waals surface area contributed by atoms with Crippen molar-refractivity contribution in [2.24, 2.45) is 0 Å². The highest BCUT2D eigenvalue weighted by molar-refractivity contribution is 7.91. The number of ether oxygens (including phenoxy) is 1. The highest BCUT2D eigenvalue weighted by atomic mass is 32.2. The summed E-state index contributed by atoms with van der Waals surface area (Å²) in [6, 6.07) is 5.15. The number of sulfone groups is 1. The molecule has 21 heavy (non-hydrogen) atoms. The molecule has 0 aromatic carbocycles. The Hall–Kier alpha value is -1.43. The number of hydrogen-bond donors (Lipinski definition) is 0. The van der Waals surface area contributed by atoms with E-state index in [9.17, 15) is 13.2 Å². The molecule has 1 aliphatic carbocycles. The van der Waals surface area contributed by atoms with E-state index >= 15 is 0 Å². The monoisotopic (exact) mass is 311 g/mol. The van der Waals surface area contributed by atoms with Crippen LogP contribution in [0.5, 0.6) is 0 Å². The number of aromatic nitrogens is 1. The highest BCUT2D eigenvalue weighted by Gasteiger charge is 2.37. The van der Waals surface area contributed by atoms with Gasteiger partial charge in [-0.1, -0.05) is 6.07 Å². The molecule has 0 unspecified atom stereocenters. The summed E-state index contributed by atoms with van der Waals surface area (Å²) in [7, 11) is -3.11. The van der Waals surface area contributed by atoms with Crippen molar-refractivity contribution in [3.05, 3.63) is 29.6 Å². The van der Waals surface area contributed by atoms with Gasteiger partial charge >= 0.3 is 5.97 Å². The molecule has 0 saturated heterocycles. The Balaban J connectivity index is 2.23. The van der Waals surface area contributed by atoms with Gasteiger partial charge in [-0.25, -0.2) is 8.42 Å². The van der Waals surface area contributed by atoms with E-state index in [0.29, 0.717) is 18.0 Å². The molecule has 0 amide bonds. The second-order valence-corrected chi connectivity index (χ2v) is 8.15. The Kier molecular flexibility index (Phi) is 4.37. The standard InChI is InChI=1S/C15H21NO4S/c1-4-20-14(17)15(2,3)13-7-5-6-11(16-13)10-21(18,19)12-8-9-12/h5-7,12H,4,8-10H2,1-3H3. The third-order valence-corrected chi connectivity index (χ3v) is 5.80. The zero-order valence-electron chi connectivity index (χ0n) is 12.6. The second kappa shape index (κ2) is 5.75. The van der Waals surface area contributed by atoms with E-state index in [4.69, 9.17) is 4.74 Å². The minimum Gasteiger partial charge on any atom is -0.465 e. The van der Waals surface area contributed by atoms with Gasteiger partial charge in [-0.15, -0.1) is 0 Å². The zero-order valence-corrected chi connectivity index (χ0v) is 13.4. The van der Waals surface area contributed by atoms with Crippen LogP contribution in [0.3, 0.4) is 0 Å². The van der Waals surface area contributed by atoms with Gasteiger partial charge in [0.15, 0.2) is 9.84 Å². The quantitative estimate of drug-likeness (QED) is 0.751. The molecular weight excluding hydrogens is 290 g/mol. The lowest BCUT2D eigenvalue weighted by Crippen LogP contribution is -2.32. The summed E-state index contributed by atoms with van der Waals surface area (Å²) in [4.78, 5) is 16.4. The van der Waals surface area contributed by atoms with Gasteiger partial charge in [0.2, 0.25) is 0 Å². The molecule has 0 bridgehead atoms. The van der Waals surface area contributed by atoms with E-state index in [1.54, 1.807) is 39.0 Å². The smallest absolute Gasteiger partial charge is 0.317 e. The van der Waals surface area contributed by atoms with Crippen LogP contribution in [-0.2, 0) is 30.5 Å². The van der Waals surface area contributed by atoms with Crippen molar-refractivity contribution in [1.29, 1.82) is 0 Å². The molecule has 5 nitrogen and oxygen atoms in total. The molecule has 1 aliphatic rings. The lowest BCUT2D eigenvalue weighted by atomic mass is 9.89. The van der Waals surface area contributed by atoms with Crippen LogP contribution in [0.1, 0.15) is 45.0 Å². The van der Waals surface area contributed by atoms with Crippen LogP contribution in [0.2, 0.25) is 0 Å². The number of esters is 1. The molecule has 1 aromatic heterocycles. The number of nitrogens with zero attached hydrogens (tertiary/aromatic N) is 1. The maximum atomic E-state index is 12.0. The van der Waals surface area contributed by atoms with E-state index < -0.39 is 15.3 Å². The first-order valence-corrected chi connectivity index (χ1v) is 8.84. The molecule has 0 atom stereocenters. The fraction of sp³-hybridized carbons (Fsp3) is 0.600. The third-order valence-electron chi connectivity index (χ3n) is 3.61. The fourth-order valence-electron chi connectivity index (χ4n) is 2.08. The van der Waals surface area contributed by atoms with Gasteiger partial charge in [-0.3, -0.25) is 9.78 Å². The number of rotatable bonds is 6. The van der Waals surface area contributed by atoms with Gasteiger partial charge in [-0.05, 0) is 45.7 Å². The van der Waals surface area contributed by atoms with Crippen LogP contribution in [-0.4, -0.2) is 31.2 Å². The van der Waals surface area contributed by atoms with Crippen molar-refractivity contribution in [2.75, 3.05) is 6.61 Å². The minimum absolute atomic E-state index is 0.0651. The van der Waals surface area contributed by atoms with E-state index in [1.807, 2.05) is 0 Å². The Labute approximate surface area is 125 Å².